The molecule has 0 saturated carbocycles. The van der Waals surface area contributed by atoms with Crippen LogP contribution in [-0.4, -0.2) is 10.9 Å². The zero-order valence-corrected chi connectivity index (χ0v) is 13.2. The Morgan fingerprint density at radius 2 is 1.61 bits per heavy atom. The van der Waals surface area contributed by atoms with Gasteiger partial charge >= 0.3 is 0 Å². The molecule has 1 aliphatic carbocycles. The largest absolute Gasteiger partial charge is 1.00 e. The summed E-state index contributed by atoms with van der Waals surface area (Å²) < 4.78 is 1.97. The van der Waals surface area contributed by atoms with E-state index in [9.17, 15) is 9.90 Å². The van der Waals surface area contributed by atoms with E-state index in [0.717, 1.165) is 16.5 Å². The molecule has 1 N–H and O–H groups in total. The first-order chi connectivity index (χ1) is 10.7. The Morgan fingerprint density at radius 3 is 2.35 bits per heavy atom. The Morgan fingerprint density at radius 1 is 0.957 bits per heavy atom. The molecule has 1 heterocycles. The van der Waals surface area contributed by atoms with E-state index >= 15 is 0 Å². The minimum atomic E-state index is -0.122. The molecule has 0 bridgehead atoms. The quantitative estimate of drug-likeness (QED) is 0.654. The number of aliphatic hydroxyl groups excluding tert-OH is 1. The molecule has 3 nitrogen and oxygen atoms in total. The average Bonchev–Trinajstić information content (AvgIpc) is 2.79. The van der Waals surface area contributed by atoms with Crippen LogP contribution in [0.25, 0.3) is 22.2 Å². The van der Waals surface area contributed by atoms with Crippen LogP contribution in [0.2, 0.25) is 0 Å². The number of allylic oxidation sites excluding steroid dienone is 1. The van der Waals surface area contributed by atoms with Gasteiger partial charge < -0.3 is 17.5 Å². The Kier molecular flexibility index (Phi) is 3.66. The van der Waals surface area contributed by atoms with Crippen molar-refractivity contribution in [3.8, 4) is 0 Å². The highest BCUT2D eigenvalue weighted by molar-refractivity contribution is 6.38. The molecule has 23 heavy (non-hydrogen) atoms. The number of ketones is 1. The van der Waals surface area contributed by atoms with Crippen molar-refractivity contribution in [2.24, 2.45) is 7.05 Å². The summed E-state index contributed by atoms with van der Waals surface area (Å²) in [6, 6.07) is 17.1. The minimum Gasteiger partial charge on any atom is -1.00 e. The van der Waals surface area contributed by atoms with Crippen LogP contribution in [0.3, 0.4) is 0 Å². The third kappa shape index (κ3) is 2.21. The van der Waals surface area contributed by atoms with Crippen molar-refractivity contribution in [2.75, 3.05) is 0 Å². The van der Waals surface area contributed by atoms with Crippen molar-refractivity contribution < 1.29 is 26.9 Å². The lowest BCUT2D eigenvalue weighted by molar-refractivity contribution is -0.645. The maximum atomic E-state index is 12.6. The molecular weight excluding hydrogens is 310 g/mol. The second-order valence-electron chi connectivity index (χ2n) is 5.50. The van der Waals surface area contributed by atoms with Crippen molar-refractivity contribution in [1.82, 2.24) is 0 Å². The first-order valence-corrected chi connectivity index (χ1v) is 7.13. The number of nitrogens with zero attached hydrogens (tertiary/aromatic N) is 1. The van der Waals surface area contributed by atoms with E-state index in [0.29, 0.717) is 16.7 Å². The summed E-state index contributed by atoms with van der Waals surface area (Å²) in [5.41, 5.74) is 3.36. The number of para-hydroxylation sites is 1. The summed E-state index contributed by atoms with van der Waals surface area (Å²) in [7, 11) is 1.94. The molecule has 0 spiro atoms. The molecule has 0 fully saturated rings. The molecule has 4 rings (SSSR count). The number of aromatic nitrogens is 1. The SMILES string of the molecule is C[n+]1cc(C2=C(O)c3ccccc3C2=O)cc2ccccc21.[Cl-]. The first-order valence-electron chi connectivity index (χ1n) is 7.13. The number of hydrogen-bond donors (Lipinski definition) is 1. The summed E-state index contributed by atoms with van der Waals surface area (Å²) in [4.78, 5) is 12.6. The fourth-order valence-corrected chi connectivity index (χ4v) is 3.08. The lowest BCUT2D eigenvalue weighted by Crippen LogP contribution is -3.00. The van der Waals surface area contributed by atoms with Gasteiger partial charge in [0.15, 0.2) is 12.0 Å². The van der Waals surface area contributed by atoms with E-state index in [2.05, 4.69) is 0 Å². The highest BCUT2D eigenvalue weighted by Gasteiger charge is 2.31. The predicted molar refractivity (Wildman–Crippen MR) is 85.3 cm³/mol. The van der Waals surface area contributed by atoms with Gasteiger partial charge in [-0.3, -0.25) is 4.79 Å². The van der Waals surface area contributed by atoms with Crippen LogP contribution in [0, 0.1) is 0 Å². The monoisotopic (exact) mass is 323 g/mol. The van der Waals surface area contributed by atoms with Crippen LogP contribution in [-0.2, 0) is 7.05 Å². The van der Waals surface area contributed by atoms with E-state index in [-0.39, 0.29) is 23.9 Å². The molecule has 4 heteroatoms. The average molecular weight is 324 g/mol. The van der Waals surface area contributed by atoms with Crippen LogP contribution in [0.1, 0.15) is 21.5 Å². The Bertz CT molecular complexity index is 976. The number of aliphatic hydroxyl groups is 1. The molecular formula is C19H14ClNO2. The number of hydrogen-bond acceptors (Lipinski definition) is 2. The number of pyridine rings is 1. The number of halogens is 1. The molecule has 2 aromatic carbocycles. The van der Waals surface area contributed by atoms with Gasteiger partial charge in [-0.15, -0.1) is 0 Å². The zero-order chi connectivity index (χ0) is 15.3. The fourth-order valence-electron chi connectivity index (χ4n) is 3.08. The van der Waals surface area contributed by atoms with Gasteiger partial charge in [0.2, 0.25) is 5.52 Å². The molecule has 1 aromatic heterocycles. The van der Waals surface area contributed by atoms with E-state index in [1.54, 1.807) is 12.1 Å². The Balaban J connectivity index is 0.00000156. The highest BCUT2D eigenvalue weighted by Crippen LogP contribution is 2.36. The number of benzene rings is 2. The lowest BCUT2D eigenvalue weighted by atomic mass is 10.0. The van der Waals surface area contributed by atoms with Gasteiger partial charge in [-0.05, 0) is 12.1 Å². The summed E-state index contributed by atoms with van der Waals surface area (Å²) in [5.74, 6) is -0.0562. The van der Waals surface area contributed by atoms with Crippen molar-refractivity contribution in [2.45, 2.75) is 0 Å². The maximum absolute atomic E-state index is 12.6. The molecule has 0 saturated heterocycles. The second kappa shape index (κ2) is 5.52. The third-order valence-corrected chi connectivity index (χ3v) is 4.14. The molecule has 0 amide bonds. The van der Waals surface area contributed by atoms with Crippen molar-refractivity contribution in [3.05, 3.63) is 77.5 Å². The topological polar surface area (TPSA) is 41.2 Å². The lowest BCUT2D eigenvalue weighted by Gasteiger charge is -2.03. The molecule has 1 aliphatic rings. The summed E-state index contributed by atoms with van der Waals surface area (Å²) >= 11 is 0. The van der Waals surface area contributed by atoms with E-state index in [1.165, 1.54) is 0 Å². The number of carbonyl (C=O) groups is 1. The van der Waals surface area contributed by atoms with Gasteiger partial charge in [0.05, 0.1) is 11.1 Å². The van der Waals surface area contributed by atoms with Gasteiger partial charge in [-0.2, -0.15) is 0 Å². The van der Waals surface area contributed by atoms with Gasteiger partial charge in [-0.1, -0.05) is 36.4 Å². The smallest absolute Gasteiger partial charge is 0.212 e. The van der Waals surface area contributed by atoms with E-state index in [1.807, 2.05) is 60.3 Å². The van der Waals surface area contributed by atoms with Crippen LogP contribution in [0.15, 0.2) is 60.8 Å². The Labute approximate surface area is 139 Å². The van der Waals surface area contributed by atoms with Crippen molar-refractivity contribution in [1.29, 1.82) is 0 Å². The standard InChI is InChI=1S/C19H13NO2.ClH/c1-20-11-13(10-12-6-2-5-9-16(12)20)17-18(21)14-7-3-4-8-15(14)19(17)22;/h2-11H,1H3;1H. The predicted octanol–water partition coefficient (Wildman–Crippen LogP) is 0.291. The normalized spacial score (nSPS) is 13.2. The van der Waals surface area contributed by atoms with Crippen LogP contribution >= 0.6 is 0 Å². The van der Waals surface area contributed by atoms with E-state index < -0.39 is 0 Å². The van der Waals surface area contributed by atoms with E-state index in [4.69, 9.17) is 0 Å². The van der Waals surface area contributed by atoms with Gasteiger partial charge in [0, 0.05) is 22.6 Å². The fraction of sp³-hybridized carbons (Fsp3) is 0.0526. The second-order valence-corrected chi connectivity index (χ2v) is 5.50. The molecule has 0 aliphatic heterocycles. The van der Waals surface area contributed by atoms with Crippen molar-refractivity contribution in [3.63, 3.8) is 0 Å². The van der Waals surface area contributed by atoms with Crippen LogP contribution in [0.5, 0.6) is 0 Å². The molecule has 0 unspecified atom stereocenters. The van der Waals surface area contributed by atoms with Gasteiger partial charge in [0.25, 0.3) is 0 Å². The number of rotatable bonds is 1. The molecule has 0 radical (unpaired) electrons. The summed E-state index contributed by atoms with van der Waals surface area (Å²) in [6.45, 7) is 0. The number of Topliss-reactive ketones (excluding diaryl/α,β-unsaturated/α-hetero) is 1. The molecule has 3 aromatic rings. The highest BCUT2D eigenvalue weighted by atomic mass is 35.5. The maximum Gasteiger partial charge on any atom is 0.212 e. The molecule has 0 atom stereocenters. The van der Waals surface area contributed by atoms with Gasteiger partial charge in [0.1, 0.15) is 12.8 Å². The minimum absolute atomic E-state index is 0. The number of carbonyl (C=O) groups excluding carboxylic acids is 1. The van der Waals surface area contributed by atoms with Crippen LogP contribution < -0.4 is 17.0 Å². The summed E-state index contributed by atoms with van der Waals surface area (Å²) in [6.07, 6.45) is 1.89. The summed E-state index contributed by atoms with van der Waals surface area (Å²) in [5, 5.41) is 11.5. The zero-order valence-electron chi connectivity index (χ0n) is 12.5. The Hall–Kier alpha value is -2.65. The first kappa shape index (κ1) is 15.3. The van der Waals surface area contributed by atoms with Crippen LogP contribution in [0.4, 0.5) is 0 Å². The molecule has 114 valence electrons. The number of aryl methyl sites for hydroxylation is 1. The van der Waals surface area contributed by atoms with Gasteiger partial charge in [-0.25, -0.2) is 4.57 Å². The number of fused-ring (bicyclic) bond motifs is 2. The third-order valence-electron chi connectivity index (χ3n) is 4.14. The van der Waals surface area contributed by atoms with Crippen molar-refractivity contribution >= 4 is 28.0 Å².